The third-order valence-electron chi connectivity index (χ3n) is 4.80. The second-order valence-electron chi connectivity index (χ2n) is 6.05. The van der Waals surface area contributed by atoms with E-state index in [-0.39, 0.29) is 0 Å². The number of likely N-dealkylation sites (tertiary alicyclic amines) is 1. The summed E-state index contributed by atoms with van der Waals surface area (Å²) in [5.74, 6) is 1.86. The minimum Gasteiger partial charge on any atom is -0.453 e. The first-order valence-corrected chi connectivity index (χ1v) is 8.01. The number of aryl methyl sites for hydroxylation is 1. The minimum atomic E-state index is 0.491. The molecule has 1 saturated heterocycles. The van der Waals surface area contributed by atoms with Crippen molar-refractivity contribution in [3.8, 4) is 11.6 Å². The molecule has 3 aromatic rings. The van der Waals surface area contributed by atoms with Crippen LogP contribution in [0.3, 0.4) is 0 Å². The number of nitrogens with zero attached hydrogens (tertiary/aromatic N) is 3. The SMILES string of the molecule is CCN1CCC(n2ccnc2-c2oc3ccccc3c2C)C1. The zero-order valence-corrected chi connectivity index (χ0v) is 13.1. The molecule has 1 unspecified atom stereocenters. The Balaban J connectivity index is 1.77. The highest BCUT2D eigenvalue weighted by molar-refractivity contribution is 5.86. The van der Waals surface area contributed by atoms with E-state index in [1.165, 1.54) is 17.4 Å². The molecule has 0 amide bonds. The van der Waals surface area contributed by atoms with Crippen LogP contribution in [0.15, 0.2) is 41.1 Å². The van der Waals surface area contributed by atoms with Crippen molar-refractivity contribution in [1.82, 2.24) is 14.5 Å². The van der Waals surface area contributed by atoms with Gasteiger partial charge in [0.1, 0.15) is 5.58 Å². The number of benzene rings is 1. The third kappa shape index (κ3) is 2.06. The fourth-order valence-corrected chi connectivity index (χ4v) is 3.50. The molecule has 1 atom stereocenters. The molecule has 1 aromatic carbocycles. The minimum absolute atomic E-state index is 0.491. The summed E-state index contributed by atoms with van der Waals surface area (Å²) >= 11 is 0. The van der Waals surface area contributed by atoms with E-state index < -0.39 is 0 Å². The van der Waals surface area contributed by atoms with Crippen molar-refractivity contribution in [2.24, 2.45) is 0 Å². The van der Waals surface area contributed by atoms with Crippen molar-refractivity contribution in [1.29, 1.82) is 0 Å². The third-order valence-corrected chi connectivity index (χ3v) is 4.80. The van der Waals surface area contributed by atoms with Crippen molar-refractivity contribution in [2.45, 2.75) is 26.3 Å². The lowest BCUT2D eigenvalue weighted by Gasteiger charge is -2.16. The summed E-state index contributed by atoms with van der Waals surface area (Å²) in [5, 5.41) is 1.17. The Labute approximate surface area is 130 Å². The molecule has 0 bridgehead atoms. The van der Waals surface area contributed by atoms with E-state index in [0.29, 0.717) is 6.04 Å². The van der Waals surface area contributed by atoms with E-state index in [0.717, 1.165) is 36.8 Å². The van der Waals surface area contributed by atoms with E-state index in [4.69, 9.17) is 4.42 Å². The lowest BCUT2D eigenvalue weighted by atomic mass is 10.1. The molecule has 1 fully saturated rings. The number of likely N-dealkylation sites (N-methyl/N-ethyl adjacent to an activating group) is 1. The van der Waals surface area contributed by atoms with Gasteiger partial charge in [0.15, 0.2) is 11.6 Å². The number of imidazole rings is 1. The largest absolute Gasteiger partial charge is 0.453 e. The van der Waals surface area contributed by atoms with Crippen molar-refractivity contribution >= 4 is 11.0 Å². The van der Waals surface area contributed by atoms with Gasteiger partial charge in [-0.05, 0) is 26.0 Å². The van der Waals surface area contributed by atoms with Crippen LogP contribution in [0.2, 0.25) is 0 Å². The first kappa shape index (κ1) is 13.6. The highest BCUT2D eigenvalue weighted by atomic mass is 16.3. The highest BCUT2D eigenvalue weighted by Gasteiger charge is 2.26. The molecule has 4 rings (SSSR count). The second kappa shape index (κ2) is 5.29. The molecule has 0 saturated carbocycles. The Hall–Kier alpha value is -2.07. The summed E-state index contributed by atoms with van der Waals surface area (Å²) in [4.78, 5) is 7.07. The van der Waals surface area contributed by atoms with Crippen molar-refractivity contribution in [2.75, 3.05) is 19.6 Å². The van der Waals surface area contributed by atoms with Crippen LogP contribution in [0, 0.1) is 6.92 Å². The molecule has 0 radical (unpaired) electrons. The Morgan fingerprint density at radius 2 is 2.18 bits per heavy atom. The van der Waals surface area contributed by atoms with Gasteiger partial charge in [-0.25, -0.2) is 4.98 Å². The molecule has 114 valence electrons. The van der Waals surface area contributed by atoms with Crippen LogP contribution in [0.1, 0.15) is 24.9 Å². The van der Waals surface area contributed by atoms with Gasteiger partial charge in [-0.2, -0.15) is 0 Å². The molecule has 0 aliphatic carbocycles. The summed E-state index contributed by atoms with van der Waals surface area (Å²) in [5.41, 5.74) is 2.11. The predicted octanol–water partition coefficient (Wildman–Crippen LogP) is 3.87. The number of aromatic nitrogens is 2. The summed E-state index contributed by atoms with van der Waals surface area (Å²) in [6.45, 7) is 7.72. The zero-order valence-electron chi connectivity index (χ0n) is 13.1. The predicted molar refractivity (Wildman–Crippen MR) is 87.9 cm³/mol. The van der Waals surface area contributed by atoms with E-state index in [9.17, 15) is 0 Å². The molecule has 0 N–H and O–H groups in total. The van der Waals surface area contributed by atoms with Crippen LogP contribution in [-0.4, -0.2) is 34.1 Å². The molecule has 4 nitrogen and oxygen atoms in total. The first-order valence-electron chi connectivity index (χ1n) is 8.01. The normalized spacial score (nSPS) is 19.3. The summed E-state index contributed by atoms with van der Waals surface area (Å²) in [6, 6.07) is 8.69. The first-order chi connectivity index (χ1) is 10.8. The van der Waals surface area contributed by atoms with E-state index >= 15 is 0 Å². The smallest absolute Gasteiger partial charge is 0.176 e. The standard InChI is InChI=1S/C18H21N3O/c1-3-20-10-8-14(12-20)21-11-9-19-18(21)17-13(2)15-6-4-5-7-16(15)22-17/h4-7,9,11,14H,3,8,10,12H2,1-2H3. The number of rotatable bonds is 3. The molecule has 0 spiro atoms. The van der Waals surface area contributed by atoms with Crippen LogP contribution in [0.5, 0.6) is 0 Å². The number of furan rings is 1. The van der Waals surface area contributed by atoms with Crippen molar-refractivity contribution in [3.63, 3.8) is 0 Å². The number of fused-ring (bicyclic) bond motifs is 1. The Kier molecular flexibility index (Phi) is 3.26. The molecule has 1 aliphatic rings. The second-order valence-corrected chi connectivity index (χ2v) is 6.05. The van der Waals surface area contributed by atoms with Crippen LogP contribution in [0.4, 0.5) is 0 Å². The molecular weight excluding hydrogens is 274 g/mol. The maximum atomic E-state index is 6.10. The molecular formula is C18H21N3O. The van der Waals surface area contributed by atoms with Crippen LogP contribution >= 0.6 is 0 Å². The van der Waals surface area contributed by atoms with E-state index in [1.54, 1.807) is 0 Å². The molecule has 3 heterocycles. The molecule has 22 heavy (non-hydrogen) atoms. The lowest BCUT2D eigenvalue weighted by Crippen LogP contribution is -2.21. The summed E-state index contributed by atoms with van der Waals surface area (Å²) in [7, 11) is 0. The van der Waals surface area contributed by atoms with Crippen LogP contribution < -0.4 is 0 Å². The fraction of sp³-hybridized carbons (Fsp3) is 0.389. The van der Waals surface area contributed by atoms with Gasteiger partial charge in [-0.3, -0.25) is 0 Å². The van der Waals surface area contributed by atoms with Gasteiger partial charge >= 0.3 is 0 Å². The van der Waals surface area contributed by atoms with Crippen LogP contribution in [-0.2, 0) is 0 Å². The maximum absolute atomic E-state index is 6.10. The van der Waals surface area contributed by atoms with Gasteiger partial charge in [0.05, 0.1) is 0 Å². The van der Waals surface area contributed by atoms with Gasteiger partial charge in [0.2, 0.25) is 0 Å². The fourth-order valence-electron chi connectivity index (χ4n) is 3.50. The summed E-state index contributed by atoms with van der Waals surface area (Å²) < 4.78 is 8.39. The Morgan fingerprint density at radius 3 is 2.95 bits per heavy atom. The topological polar surface area (TPSA) is 34.2 Å². The van der Waals surface area contributed by atoms with Gasteiger partial charge in [-0.15, -0.1) is 0 Å². The Morgan fingerprint density at radius 1 is 1.32 bits per heavy atom. The van der Waals surface area contributed by atoms with Crippen molar-refractivity contribution in [3.05, 3.63) is 42.2 Å². The lowest BCUT2D eigenvalue weighted by molar-refractivity contribution is 0.341. The quantitative estimate of drug-likeness (QED) is 0.735. The zero-order chi connectivity index (χ0) is 15.1. The Bertz CT molecular complexity index is 802. The summed E-state index contributed by atoms with van der Waals surface area (Å²) in [6.07, 6.45) is 5.15. The van der Waals surface area contributed by atoms with E-state index in [2.05, 4.69) is 46.6 Å². The monoisotopic (exact) mass is 295 g/mol. The van der Waals surface area contributed by atoms with Gasteiger partial charge < -0.3 is 13.9 Å². The number of hydrogen-bond donors (Lipinski definition) is 0. The van der Waals surface area contributed by atoms with Gasteiger partial charge in [0, 0.05) is 42.5 Å². The molecule has 1 aliphatic heterocycles. The van der Waals surface area contributed by atoms with Crippen LogP contribution in [0.25, 0.3) is 22.6 Å². The maximum Gasteiger partial charge on any atom is 0.176 e. The van der Waals surface area contributed by atoms with Gasteiger partial charge in [-0.1, -0.05) is 25.1 Å². The average Bonchev–Trinajstić information content (AvgIpc) is 3.25. The number of para-hydroxylation sites is 1. The highest BCUT2D eigenvalue weighted by Crippen LogP contribution is 2.34. The van der Waals surface area contributed by atoms with E-state index in [1.807, 2.05) is 18.3 Å². The molecule has 2 aromatic heterocycles. The van der Waals surface area contributed by atoms with Gasteiger partial charge in [0.25, 0.3) is 0 Å². The molecule has 4 heteroatoms. The van der Waals surface area contributed by atoms with Crippen molar-refractivity contribution < 1.29 is 4.42 Å². The number of hydrogen-bond acceptors (Lipinski definition) is 3. The average molecular weight is 295 g/mol.